The van der Waals surface area contributed by atoms with E-state index in [1.54, 1.807) is 54.9 Å². The van der Waals surface area contributed by atoms with Crippen LogP contribution in [0.15, 0.2) is 49.2 Å². The van der Waals surface area contributed by atoms with Crippen LogP contribution in [0.4, 0.5) is 5.69 Å². The molecule has 1 amide bonds. The Morgan fingerprint density at radius 3 is 2.55 bits per heavy atom. The van der Waals surface area contributed by atoms with Crippen molar-refractivity contribution in [2.75, 3.05) is 25.1 Å². The van der Waals surface area contributed by atoms with E-state index < -0.39 is 0 Å². The van der Waals surface area contributed by atoms with Crippen LogP contribution in [0.3, 0.4) is 0 Å². The van der Waals surface area contributed by atoms with Crippen LogP contribution in [0.5, 0.6) is 17.4 Å². The third-order valence-corrected chi connectivity index (χ3v) is 5.06. The molecule has 1 aromatic carbocycles. The largest absolute Gasteiger partial charge is 0.497 e. The molecule has 9 heteroatoms. The maximum absolute atomic E-state index is 12.5. The van der Waals surface area contributed by atoms with E-state index in [1.807, 2.05) is 0 Å². The molecule has 160 valence electrons. The van der Waals surface area contributed by atoms with Gasteiger partial charge < -0.3 is 19.7 Å². The van der Waals surface area contributed by atoms with Gasteiger partial charge in [0.05, 0.1) is 18.9 Å². The highest BCUT2D eigenvalue weighted by Gasteiger charge is 2.25. The fourth-order valence-corrected chi connectivity index (χ4v) is 3.46. The maximum Gasteiger partial charge on any atom is 0.247 e. The summed E-state index contributed by atoms with van der Waals surface area (Å²) >= 11 is 0. The number of methoxy groups -OCH3 is 1. The molecule has 1 aliphatic heterocycles. The zero-order chi connectivity index (χ0) is 21.6. The van der Waals surface area contributed by atoms with Crippen molar-refractivity contribution in [3.8, 4) is 28.8 Å². The van der Waals surface area contributed by atoms with Gasteiger partial charge in [0, 0.05) is 31.9 Å². The smallest absolute Gasteiger partial charge is 0.247 e. The Kier molecular flexibility index (Phi) is 6.32. The highest BCUT2D eigenvalue weighted by Crippen LogP contribution is 2.33. The summed E-state index contributed by atoms with van der Waals surface area (Å²) in [5, 5.41) is 3.42. The lowest BCUT2D eigenvalue weighted by atomic mass is 10.2. The second kappa shape index (κ2) is 9.48. The van der Waals surface area contributed by atoms with Crippen LogP contribution in [-0.4, -0.2) is 52.1 Å². The van der Waals surface area contributed by atoms with E-state index in [4.69, 9.17) is 9.47 Å². The van der Waals surface area contributed by atoms with E-state index in [9.17, 15) is 4.79 Å². The van der Waals surface area contributed by atoms with Crippen LogP contribution in [0.25, 0.3) is 11.4 Å². The number of carbonyl (C=O) groups excluding carboxylic acids is 1. The minimum absolute atomic E-state index is 0.104. The van der Waals surface area contributed by atoms with Crippen LogP contribution >= 0.6 is 0 Å². The van der Waals surface area contributed by atoms with Crippen LogP contribution in [0, 0.1) is 0 Å². The molecule has 1 fully saturated rings. The lowest BCUT2D eigenvalue weighted by molar-refractivity contribution is -0.116. The summed E-state index contributed by atoms with van der Waals surface area (Å²) in [6.45, 7) is 3.01. The zero-order valence-electron chi connectivity index (χ0n) is 17.5. The molecule has 1 saturated heterocycles. The van der Waals surface area contributed by atoms with Gasteiger partial charge in [0.25, 0.3) is 0 Å². The summed E-state index contributed by atoms with van der Waals surface area (Å²) in [7, 11) is 1.61. The summed E-state index contributed by atoms with van der Waals surface area (Å²) in [6, 6.07) is 7.39. The van der Waals surface area contributed by atoms with Crippen molar-refractivity contribution >= 4 is 11.6 Å². The molecule has 1 aliphatic rings. The highest BCUT2D eigenvalue weighted by molar-refractivity contribution is 5.92. The molecule has 0 radical (unpaired) electrons. The fraction of sp³-hybridized carbons (Fsp3) is 0.318. The Morgan fingerprint density at radius 1 is 1.16 bits per heavy atom. The number of ether oxygens (including phenoxy) is 2. The van der Waals surface area contributed by atoms with Gasteiger partial charge in [0.2, 0.25) is 11.8 Å². The van der Waals surface area contributed by atoms with Gasteiger partial charge in [-0.25, -0.2) is 15.0 Å². The Morgan fingerprint density at radius 2 is 1.90 bits per heavy atom. The number of amides is 1. The van der Waals surface area contributed by atoms with Crippen molar-refractivity contribution in [2.24, 2.45) is 0 Å². The van der Waals surface area contributed by atoms with Crippen molar-refractivity contribution in [3.05, 3.63) is 49.2 Å². The average molecular weight is 420 g/mol. The summed E-state index contributed by atoms with van der Waals surface area (Å²) in [4.78, 5) is 31.3. The van der Waals surface area contributed by atoms with E-state index in [0.29, 0.717) is 29.4 Å². The lowest BCUT2D eigenvalue weighted by Gasteiger charge is -2.26. The van der Waals surface area contributed by atoms with Gasteiger partial charge in [-0.2, -0.15) is 4.98 Å². The normalized spacial score (nSPS) is 15.5. The molecule has 0 bridgehead atoms. The van der Waals surface area contributed by atoms with Crippen LogP contribution in [0.2, 0.25) is 0 Å². The third kappa shape index (κ3) is 4.95. The van der Waals surface area contributed by atoms with Gasteiger partial charge in [-0.1, -0.05) is 0 Å². The van der Waals surface area contributed by atoms with Gasteiger partial charge in [-0.3, -0.25) is 4.79 Å². The van der Waals surface area contributed by atoms with Gasteiger partial charge in [0.15, 0.2) is 5.82 Å². The van der Waals surface area contributed by atoms with Gasteiger partial charge in [-0.05, 0) is 43.7 Å². The Hall–Kier alpha value is -3.59. The van der Waals surface area contributed by atoms with Crippen molar-refractivity contribution in [2.45, 2.75) is 25.8 Å². The second-order valence-corrected chi connectivity index (χ2v) is 7.21. The number of nitrogens with one attached hydrogen (secondary N) is 1. The summed E-state index contributed by atoms with van der Waals surface area (Å²) in [6.07, 6.45) is 8.42. The number of nitrogens with zero attached hydrogens (tertiary/aromatic N) is 5. The minimum Gasteiger partial charge on any atom is -0.497 e. The molecule has 2 aromatic heterocycles. The predicted octanol–water partition coefficient (Wildman–Crippen LogP) is 2.84. The Labute approximate surface area is 180 Å². The molecule has 0 unspecified atom stereocenters. The van der Waals surface area contributed by atoms with Crippen LogP contribution < -0.4 is 19.7 Å². The molecule has 31 heavy (non-hydrogen) atoms. The molecular weight excluding hydrogens is 396 g/mol. The van der Waals surface area contributed by atoms with Crippen molar-refractivity contribution in [1.82, 2.24) is 25.3 Å². The molecule has 9 nitrogen and oxygen atoms in total. The first-order chi connectivity index (χ1) is 15.1. The van der Waals surface area contributed by atoms with E-state index in [1.165, 1.54) is 13.3 Å². The monoisotopic (exact) mass is 420 g/mol. The number of carbonyl (C=O) groups is 1. The van der Waals surface area contributed by atoms with Crippen molar-refractivity contribution in [1.29, 1.82) is 0 Å². The number of anilines is 1. The first kappa shape index (κ1) is 20.7. The molecule has 3 aromatic rings. The lowest BCUT2D eigenvalue weighted by Crippen LogP contribution is -2.40. The molecule has 0 aliphatic carbocycles. The summed E-state index contributed by atoms with van der Waals surface area (Å²) in [5.74, 6) is 1.88. The number of hydrogen-bond acceptors (Lipinski definition) is 8. The van der Waals surface area contributed by atoms with E-state index >= 15 is 0 Å². The van der Waals surface area contributed by atoms with E-state index in [0.717, 1.165) is 25.1 Å². The number of rotatable bonds is 7. The van der Waals surface area contributed by atoms with Gasteiger partial charge >= 0.3 is 0 Å². The molecule has 0 spiro atoms. The summed E-state index contributed by atoms with van der Waals surface area (Å²) < 4.78 is 11.3. The highest BCUT2D eigenvalue weighted by atomic mass is 16.5. The first-order valence-corrected chi connectivity index (χ1v) is 10.1. The van der Waals surface area contributed by atoms with E-state index in [2.05, 4.69) is 25.3 Å². The SMILES string of the molecule is COc1ccc(Oc2nc(-c3cncnc3)ncc2N(C[C@@H]2CCCN2)C(C)=O)cc1. The maximum atomic E-state index is 12.5. The second-order valence-electron chi connectivity index (χ2n) is 7.21. The van der Waals surface area contributed by atoms with Gasteiger partial charge in [-0.15, -0.1) is 0 Å². The van der Waals surface area contributed by atoms with Crippen LogP contribution in [-0.2, 0) is 4.79 Å². The minimum atomic E-state index is -0.104. The predicted molar refractivity (Wildman–Crippen MR) is 115 cm³/mol. The molecular formula is C22H24N6O3. The first-order valence-electron chi connectivity index (χ1n) is 10.1. The third-order valence-electron chi connectivity index (χ3n) is 5.06. The summed E-state index contributed by atoms with van der Waals surface area (Å²) in [5.41, 5.74) is 1.16. The van der Waals surface area contributed by atoms with Crippen molar-refractivity contribution in [3.63, 3.8) is 0 Å². The molecule has 3 heterocycles. The number of aromatic nitrogens is 4. The number of hydrogen-bond donors (Lipinski definition) is 1. The fourth-order valence-electron chi connectivity index (χ4n) is 3.46. The molecule has 0 saturated carbocycles. The number of benzene rings is 1. The van der Waals surface area contributed by atoms with Gasteiger partial charge in [0.1, 0.15) is 23.5 Å². The van der Waals surface area contributed by atoms with Crippen molar-refractivity contribution < 1.29 is 14.3 Å². The standard InChI is InChI=1S/C22H24N6O3/c1-15(29)28(13-17-4-3-9-25-17)20-12-26-21(16-10-23-14-24-11-16)27-22(20)31-19-7-5-18(30-2)6-8-19/h5-8,10-12,14,17,25H,3-4,9,13H2,1-2H3/t17-/m0/s1. The zero-order valence-corrected chi connectivity index (χ0v) is 17.5. The quantitative estimate of drug-likeness (QED) is 0.623. The molecule has 1 atom stereocenters. The molecule has 4 rings (SSSR count). The Bertz CT molecular complexity index is 1020. The molecule has 1 N–H and O–H groups in total. The van der Waals surface area contributed by atoms with Crippen LogP contribution in [0.1, 0.15) is 19.8 Å². The van der Waals surface area contributed by atoms with E-state index in [-0.39, 0.29) is 17.8 Å². The Balaban J connectivity index is 1.71. The average Bonchev–Trinajstić information content (AvgIpc) is 3.32. The topological polar surface area (TPSA) is 102 Å².